The van der Waals surface area contributed by atoms with E-state index >= 15 is 0 Å². The summed E-state index contributed by atoms with van der Waals surface area (Å²) in [6.07, 6.45) is -3.41. The molecule has 0 radical (unpaired) electrons. The summed E-state index contributed by atoms with van der Waals surface area (Å²) in [4.78, 5) is 0. The molecule has 0 aromatic heterocycles. The number of fused-ring (bicyclic) bond motifs is 1. The van der Waals surface area contributed by atoms with Crippen molar-refractivity contribution in [2.75, 3.05) is 13.2 Å². The molecule has 0 saturated carbocycles. The lowest BCUT2D eigenvalue weighted by Gasteiger charge is -2.46. The molecule has 22 heavy (non-hydrogen) atoms. The highest BCUT2D eigenvalue weighted by molar-refractivity contribution is 5.16. The molecule has 2 aliphatic heterocycles. The summed E-state index contributed by atoms with van der Waals surface area (Å²) in [6, 6.07) is 9.44. The van der Waals surface area contributed by atoms with E-state index in [2.05, 4.69) is 6.58 Å². The predicted octanol–water partition coefficient (Wildman–Crippen LogP) is 0.750. The van der Waals surface area contributed by atoms with Gasteiger partial charge in [0.25, 0.3) is 0 Å². The Morgan fingerprint density at radius 1 is 1.18 bits per heavy atom. The molecule has 0 amide bonds. The van der Waals surface area contributed by atoms with E-state index in [1.165, 1.54) is 0 Å². The van der Waals surface area contributed by atoms with Crippen molar-refractivity contribution in [2.45, 2.75) is 37.0 Å². The first-order valence-corrected chi connectivity index (χ1v) is 7.27. The Morgan fingerprint density at radius 3 is 2.68 bits per heavy atom. The molecule has 3 rings (SSSR count). The molecule has 6 atom stereocenters. The van der Waals surface area contributed by atoms with Crippen molar-refractivity contribution in [3.05, 3.63) is 48.6 Å². The third-order valence-electron chi connectivity index (χ3n) is 3.78. The Labute approximate surface area is 128 Å². The number of ether oxygens (including phenoxy) is 4. The molecule has 0 spiro atoms. The van der Waals surface area contributed by atoms with Gasteiger partial charge in [-0.1, -0.05) is 36.4 Å². The monoisotopic (exact) mass is 308 g/mol. The topological polar surface area (TPSA) is 77.4 Å². The molecule has 2 N–H and O–H groups in total. The predicted molar refractivity (Wildman–Crippen MR) is 76.8 cm³/mol. The van der Waals surface area contributed by atoms with Gasteiger partial charge in [0, 0.05) is 5.56 Å². The third kappa shape index (κ3) is 3.08. The second kappa shape index (κ2) is 6.87. The largest absolute Gasteiger partial charge is 0.387 e. The van der Waals surface area contributed by atoms with Crippen LogP contribution in [0.5, 0.6) is 0 Å². The minimum absolute atomic E-state index is 0.222. The summed E-state index contributed by atoms with van der Waals surface area (Å²) in [5.41, 5.74) is 0.854. The van der Waals surface area contributed by atoms with E-state index in [1.807, 2.05) is 30.3 Å². The molecule has 1 aromatic rings. The van der Waals surface area contributed by atoms with Crippen molar-refractivity contribution in [3.63, 3.8) is 0 Å². The zero-order chi connectivity index (χ0) is 15.5. The maximum atomic E-state index is 10.3. The summed E-state index contributed by atoms with van der Waals surface area (Å²) >= 11 is 0. The van der Waals surface area contributed by atoms with Crippen molar-refractivity contribution >= 4 is 0 Å². The number of aliphatic hydroxyl groups is 2. The van der Waals surface area contributed by atoms with Gasteiger partial charge in [-0.25, -0.2) is 0 Å². The second-order valence-electron chi connectivity index (χ2n) is 5.32. The van der Waals surface area contributed by atoms with Crippen LogP contribution in [0.4, 0.5) is 0 Å². The first-order valence-electron chi connectivity index (χ1n) is 7.27. The highest BCUT2D eigenvalue weighted by Gasteiger charge is 2.49. The SMILES string of the molecule is C=CCO[C@H]1OC2COC(c3ccccc3)O[C@@H]2C(O)C1O. The van der Waals surface area contributed by atoms with Crippen LogP contribution in [-0.4, -0.2) is 54.1 Å². The van der Waals surface area contributed by atoms with Crippen molar-refractivity contribution in [2.24, 2.45) is 0 Å². The average Bonchev–Trinajstić information content (AvgIpc) is 2.57. The fraction of sp³-hybridized carbons (Fsp3) is 0.500. The van der Waals surface area contributed by atoms with Gasteiger partial charge in [-0.15, -0.1) is 6.58 Å². The zero-order valence-electron chi connectivity index (χ0n) is 12.1. The number of hydrogen-bond donors (Lipinski definition) is 2. The minimum atomic E-state index is -1.18. The minimum Gasteiger partial charge on any atom is -0.387 e. The Bertz CT molecular complexity index is 491. The van der Waals surface area contributed by atoms with E-state index < -0.39 is 37.0 Å². The van der Waals surface area contributed by atoms with Crippen molar-refractivity contribution < 1.29 is 29.2 Å². The number of hydrogen-bond acceptors (Lipinski definition) is 6. The second-order valence-corrected chi connectivity index (χ2v) is 5.32. The quantitative estimate of drug-likeness (QED) is 0.799. The summed E-state index contributed by atoms with van der Waals surface area (Å²) in [6.45, 7) is 4.01. The molecule has 6 nitrogen and oxygen atoms in total. The highest BCUT2D eigenvalue weighted by Crippen LogP contribution is 2.34. The van der Waals surface area contributed by atoms with Gasteiger partial charge in [-0.05, 0) is 0 Å². The van der Waals surface area contributed by atoms with Gasteiger partial charge >= 0.3 is 0 Å². The van der Waals surface area contributed by atoms with Gasteiger partial charge in [0.05, 0.1) is 13.2 Å². The number of benzene rings is 1. The van der Waals surface area contributed by atoms with Crippen LogP contribution in [0.15, 0.2) is 43.0 Å². The van der Waals surface area contributed by atoms with Gasteiger partial charge in [-0.3, -0.25) is 0 Å². The van der Waals surface area contributed by atoms with E-state index in [0.29, 0.717) is 0 Å². The van der Waals surface area contributed by atoms with Crippen LogP contribution in [0.3, 0.4) is 0 Å². The molecular formula is C16H20O6. The Hall–Kier alpha value is -1.28. The molecule has 2 aliphatic rings. The molecule has 1 aromatic carbocycles. The molecule has 120 valence electrons. The number of aliphatic hydroxyl groups excluding tert-OH is 2. The van der Waals surface area contributed by atoms with Crippen LogP contribution in [0.2, 0.25) is 0 Å². The van der Waals surface area contributed by atoms with Crippen LogP contribution in [-0.2, 0) is 18.9 Å². The van der Waals surface area contributed by atoms with E-state index in [9.17, 15) is 10.2 Å². The molecule has 4 unspecified atom stereocenters. The summed E-state index contributed by atoms with van der Waals surface area (Å²) in [7, 11) is 0. The maximum Gasteiger partial charge on any atom is 0.187 e. The van der Waals surface area contributed by atoms with Crippen LogP contribution in [0.1, 0.15) is 11.9 Å². The lowest BCUT2D eigenvalue weighted by atomic mass is 9.98. The smallest absolute Gasteiger partial charge is 0.187 e. The van der Waals surface area contributed by atoms with Crippen LogP contribution >= 0.6 is 0 Å². The molecule has 2 heterocycles. The van der Waals surface area contributed by atoms with Gasteiger partial charge in [-0.2, -0.15) is 0 Å². The highest BCUT2D eigenvalue weighted by atomic mass is 16.8. The van der Waals surface area contributed by atoms with Crippen molar-refractivity contribution in [1.82, 2.24) is 0 Å². The molecule has 2 saturated heterocycles. The summed E-state index contributed by atoms with van der Waals surface area (Å²) in [5.74, 6) is 0. The van der Waals surface area contributed by atoms with Gasteiger partial charge in [0.2, 0.25) is 0 Å². The lowest BCUT2D eigenvalue weighted by molar-refractivity contribution is -0.360. The average molecular weight is 308 g/mol. The first kappa shape index (κ1) is 15.6. The van der Waals surface area contributed by atoms with Crippen LogP contribution in [0, 0.1) is 0 Å². The number of rotatable bonds is 4. The summed E-state index contributed by atoms with van der Waals surface area (Å²) < 4.78 is 22.4. The van der Waals surface area contributed by atoms with E-state index in [-0.39, 0.29) is 13.2 Å². The molecule has 0 bridgehead atoms. The standard InChI is InChI=1S/C16H20O6/c1-2-8-19-16-13(18)12(17)14-11(21-16)9-20-15(22-14)10-6-4-3-5-7-10/h2-7,11-18H,1,8-9H2/t11?,12?,13?,14-,15?,16-/m0/s1. The molecule has 2 fully saturated rings. The van der Waals surface area contributed by atoms with Gasteiger partial charge in [0.15, 0.2) is 12.6 Å². The van der Waals surface area contributed by atoms with Crippen molar-refractivity contribution in [3.8, 4) is 0 Å². The fourth-order valence-corrected chi connectivity index (χ4v) is 2.66. The molecular weight excluding hydrogens is 288 g/mol. The van der Waals surface area contributed by atoms with E-state index in [4.69, 9.17) is 18.9 Å². The maximum absolute atomic E-state index is 10.3. The van der Waals surface area contributed by atoms with Gasteiger partial charge < -0.3 is 29.2 Å². The van der Waals surface area contributed by atoms with E-state index in [1.54, 1.807) is 6.08 Å². The van der Waals surface area contributed by atoms with Crippen LogP contribution in [0.25, 0.3) is 0 Å². The Kier molecular flexibility index (Phi) is 4.87. The third-order valence-corrected chi connectivity index (χ3v) is 3.78. The zero-order valence-corrected chi connectivity index (χ0v) is 12.1. The van der Waals surface area contributed by atoms with Gasteiger partial charge in [0.1, 0.15) is 24.4 Å². The molecule has 6 heteroatoms. The fourth-order valence-electron chi connectivity index (χ4n) is 2.66. The first-order chi connectivity index (χ1) is 10.7. The Balaban J connectivity index is 1.69. The normalized spacial score (nSPS) is 38.3. The van der Waals surface area contributed by atoms with Crippen LogP contribution < -0.4 is 0 Å². The Morgan fingerprint density at radius 2 is 1.95 bits per heavy atom. The lowest BCUT2D eigenvalue weighted by Crippen LogP contribution is -2.62. The van der Waals surface area contributed by atoms with Crippen molar-refractivity contribution in [1.29, 1.82) is 0 Å². The molecule has 0 aliphatic carbocycles. The van der Waals surface area contributed by atoms with E-state index in [0.717, 1.165) is 5.56 Å². The summed E-state index contributed by atoms with van der Waals surface area (Å²) in [5, 5.41) is 20.4.